The molecule has 0 aromatic carbocycles. The number of sulfone groups is 1. The molecule has 138 valence electrons. The van der Waals surface area contributed by atoms with Crippen molar-refractivity contribution in [3.63, 3.8) is 0 Å². The molecule has 0 saturated carbocycles. The normalized spacial score (nSPS) is 19.1. The van der Waals surface area contributed by atoms with Crippen LogP contribution in [0.1, 0.15) is 13.3 Å². The van der Waals surface area contributed by atoms with Gasteiger partial charge in [0.25, 0.3) is 0 Å². The molecule has 0 aromatic rings. The Morgan fingerprint density at radius 1 is 1.08 bits per heavy atom. The Bertz CT molecular complexity index is 576. The molecule has 0 radical (unpaired) electrons. The van der Waals surface area contributed by atoms with Crippen molar-refractivity contribution in [2.24, 2.45) is 0 Å². The predicted molar refractivity (Wildman–Crippen MR) is 89.0 cm³/mol. The maximum Gasteiger partial charge on any atom is 0.312 e. The van der Waals surface area contributed by atoms with Crippen LogP contribution in [0.2, 0.25) is 0 Å². The summed E-state index contributed by atoms with van der Waals surface area (Å²) in [6.45, 7) is 2.53. The van der Waals surface area contributed by atoms with Crippen LogP contribution < -0.4 is 10.6 Å². The summed E-state index contributed by atoms with van der Waals surface area (Å²) in [5.41, 5.74) is 0. The van der Waals surface area contributed by atoms with Gasteiger partial charge in [-0.15, -0.1) is 0 Å². The number of rotatable bonds is 7. The fourth-order valence-electron chi connectivity index (χ4n) is 2.40. The third-order valence-corrected chi connectivity index (χ3v) is 5.43. The molecule has 10 heteroatoms. The summed E-state index contributed by atoms with van der Waals surface area (Å²) in [6.07, 6.45) is 0.348. The third-order valence-electron chi connectivity index (χ3n) is 3.68. The minimum absolute atomic E-state index is 0.0353. The average Bonchev–Trinajstić information content (AvgIpc) is 2.82. The van der Waals surface area contributed by atoms with Crippen LogP contribution in [0.15, 0.2) is 0 Å². The molecule has 1 heterocycles. The summed E-state index contributed by atoms with van der Waals surface area (Å²) in [5, 5.41) is 4.95. The highest BCUT2D eigenvalue weighted by atomic mass is 32.2. The van der Waals surface area contributed by atoms with Crippen molar-refractivity contribution in [1.82, 2.24) is 20.4 Å². The zero-order valence-corrected chi connectivity index (χ0v) is 15.2. The SMILES string of the molecule is CC(=O)NCCNC(=O)C(=O)N(CCN(C)C)C1CCS(=O)(=O)C1. The van der Waals surface area contributed by atoms with E-state index in [1.165, 1.54) is 11.8 Å². The Labute approximate surface area is 142 Å². The lowest BCUT2D eigenvalue weighted by molar-refractivity contribution is -0.147. The Kier molecular flexibility index (Phi) is 7.61. The van der Waals surface area contributed by atoms with Crippen LogP contribution in [0.5, 0.6) is 0 Å². The third kappa shape index (κ3) is 6.83. The van der Waals surface area contributed by atoms with Crippen molar-refractivity contribution in [3.05, 3.63) is 0 Å². The number of amides is 3. The summed E-state index contributed by atoms with van der Waals surface area (Å²) >= 11 is 0. The lowest BCUT2D eigenvalue weighted by Gasteiger charge is -2.28. The van der Waals surface area contributed by atoms with Crippen LogP contribution in [-0.4, -0.2) is 93.8 Å². The van der Waals surface area contributed by atoms with E-state index < -0.39 is 27.7 Å². The zero-order chi connectivity index (χ0) is 18.3. The first-order valence-corrected chi connectivity index (χ1v) is 9.63. The van der Waals surface area contributed by atoms with Crippen LogP contribution >= 0.6 is 0 Å². The first-order valence-electron chi connectivity index (χ1n) is 7.81. The van der Waals surface area contributed by atoms with Gasteiger partial charge in [-0.3, -0.25) is 14.4 Å². The number of likely N-dealkylation sites (N-methyl/N-ethyl adjacent to an activating group) is 1. The first-order chi connectivity index (χ1) is 11.1. The largest absolute Gasteiger partial charge is 0.355 e. The highest BCUT2D eigenvalue weighted by Gasteiger charge is 2.36. The van der Waals surface area contributed by atoms with E-state index in [1.54, 1.807) is 0 Å². The van der Waals surface area contributed by atoms with Gasteiger partial charge in [0.1, 0.15) is 0 Å². The van der Waals surface area contributed by atoms with Gasteiger partial charge in [0.15, 0.2) is 9.84 Å². The van der Waals surface area contributed by atoms with E-state index in [0.29, 0.717) is 13.0 Å². The maximum atomic E-state index is 12.4. The number of hydrogen-bond acceptors (Lipinski definition) is 6. The Hall–Kier alpha value is -1.68. The van der Waals surface area contributed by atoms with Gasteiger partial charge in [0.2, 0.25) is 5.91 Å². The minimum atomic E-state index is -3.16. The quantitative estimate of drug-likeness (QED) is 0.393. The molecule has 2 N–H and O–H groups in total. The molecule has 1 unspecified atom stereocenters. The molecule has 1 saturated heterocycles. The van der Waals surface area contributed by atoms with Crippen LogP contribution in [0.25, 0.3) is 0 Å². The molecule has 0 spiro atoms. The molecule has 24 heavy (non-hydrogen) atoms. The van der Waals surface area contributed by atoms with Crippen molar-refractivity contribution < 1.29 is 22.8 Å². The summed E-state index contributed by atoms with van der Waals surface area (Å²) in [7, 11) is 0.514. The van der Waals surface area contributed by atoms with Crippen molar-refractivity contribution in [1.29, 1.82) is 0 Å². The lowest BCUT2D eigenvalue weighted by Crippen LogP contribution is -2.51. The Morgan fingerprint density at radius 2 is 1.71 bits per heavy atom. The monoisotopic (exact) mass is 362 g/mol. The number of carbonyl (C=O) groups is 3. The van der Waals surface area contributed by atoms with Crippen molar-refractivity contribution in [2.45, 2.75) is 19.4 Å². The second-order valence-electron chi connectivity index (χ2n) is 6.10. The second-order valence-corrected chi connectivity index (χ2v) is 8.33. The maximum absolute atomic E-state index is 12.4. The van der Waals surface area contributed by atoms with Crippen LogP contribution in [0, 0.1) is 0 Å². The van der Waals surface area contributed by atoms with E-state index in [0.717, 1.165) is 0 Å². The van der Waals surface area contributed by atoms with Gasteiger partial charge >= 0.3 is 11.8 Å². The zero-order valence-electron chi connectivity index (χ0n) is 14.4. The van der Waals surface area contributed by atoms with Gasteiger partial charge < -0.3 is 20.4 Å². The molecule has 1 aliphatic rings. The molecule has 9 nitrogen and oxygen atoms in total. The van der Waals surface area contributed by atoms with E-state index in [4.69, 9.17) is 0 Å². The summed E-state index contributed by atoms with van der Waals surface area (Å²) in [4.78, 5) is 38.4. The fraction of sp³-hybridized carbons (Fsp3) is 0.786. The topological polar surface area (TPSA) is 116 Å². The Balaban J connectivity index is 2.65. The Morgan fingerprint density at radius 3 is 2.21 bits per heavy atom. The molecular weight excluding hydrogens is 336 g/mol. The molecule has 0 bridgehead atoms. The van der Waals surface area contributed by atoms with E-state index in [1.807, 2.05) is 19.0 Å². The van der Waals surface area contributed by atoms with E-state index >= 15 is 0 Å². The summed E-state index contributed by atoms with van der Waals surface area (Å²) in [6, 6.07) is -0.469. The van der Waals surface area contributed by atoms with Crippen LogP contribution in [0.3, 0.4) is 0 Å². The average molecular weight is 362 g/mol. The van der Waals surface area contributed by atoms with Crippen molar-refractivity contribution >= 4 is 27.6 Å². The lowest BCUT2D eigenvalue weighted by atomic mass is 10.2. The number of hydrogen-bond donors (Lipinski definition) is 2. The standard InChI is InChI=1S/C14H26N4O5S/c1-11(19)15-5-6-16-13(20)14(21)18(8-7-17(2)3)12-4-9-24(22,23)10-12/h12H,4-10H2,1-3H3,(H,15,19)(H,16,20). The molecule has 1 aliphatic heterocycles. The molecule has 1 rings (SSSR count). The highest BCUT2D eigenvalue weighted by molar-refractivity contribution is 7.91. The predicted octanol–water partition coefficient (Wildman–Crippen LogP) is -2.18. The van der Waals surface area contributed by atoms with Gasteiger partial charge in [-0.25, -0.2) is 8.42 Å². The fourth-order valence-corrected chi connectivity index (χ4v) is 4.13. The van der Waals surface area contributed by atoms with Gasteiger partial charge in [-0.2, -0.15) is 0 Å². The second kappa shape index (κ2) is 8.97. The minimum Gasteiger partial charge on any atom is -0.355 e. The highest BCUT2D eigenvalue weighted by Crippen LogP contribution is 2.18. The number of carbonyl (C=O) groups excluding carboxylic acids is 3. The van der Waals surface area contributed by atoms with E-state index in [2.05, 4.69) is 10.6 Å². The first kappa shape index (κ1) is 20.4. The molecule has 3 amide bonds. The molecule has 0 aromatic heterocycles. The van der Waals surface area contributed by atoms with Gasteiger partial charge in [-0.05, 0) is 20.5 Å². The smallest absolute Gasteiger partial charge is 0.312 e. The van der Waals surface area contributed by atoms with Crippen molar-refractivity contribution in [3.8, 4) is 0 Å². The van der Waals surface area contributed by atoms with Gasteiger partial charge in [-0.1, -0.05) is 0 Å². The molecule has 0 aliphatic carbocycles. The number of nitrogens with one attached hydrogen (secondary N) is 2. The van der Waals surface area contributed by atoms with Crippen molar-refractivity contribution in [2.75, 3.05) is 51.8 Å². The molecule has 1 fully saturated rings. The van der Waals surface area contributed by atoms with E-state index in [9.17, 15) is 22.8 Å². The summed E-state index contributed by atoms with van der Waals surface area (Å²) < 4.78 is 23.3. The van der Waals surface area contributed by atoms with Gasteiger partial charge in [0.05, 0.1) is 11.5 Å². The van der Waals surface area contributed by atoms with Crippen LogP contribution in [-0.2, 0) is 24.2 Å². The van der Waals surface area contributed by atoms with E-state index in [-0.39, 0.29) is 37.0 Å². The van der Waals surface area contributed by atoms with Crippen LogP contribution in [0.4, 0.5) is 0 Å². The molecule has 1 atom stereocenters. The number of nitrogens with zero attached hydrogens (tertiary/aromatic N) is 2. The molecular formula is C14H26N4O5S. The summed E-state index contributed by atoms with van der Waals surface area (Å²) in [5.74, 6) is -1.82. The van der Waals surface area contributed by atoms with Gasteiger partial charge in [0, 0.05) is 39.1 Å².